The van der Waals surface area contributed by atoms with Crippen LogP contribution in [0.3, 0.4) is 0 Å². The van der Waals surface area contributed by atoms with Crippen molar-refractivity contribution in [3.8, 4) is 5.75 Å². The van der Waals surface area contributed by atoms with Crippen LogP contribution < -0.4 is 10.1 Å². The number of benzene rings is 2. The van der Waals surface area contributed by atoms with E-state index in [0.717, 1.165) is 49.9 Å². The topological polar surface area (TPSA) is 50.8 Å². The summed E-state index contributed by atoms with van der Waals surface area (Å²) in [4.78, 5) is 17.1. The Balaban J connectivity index is 1.58. The van der Waals surface area contributed by atoms with Crippen molar-refractivity contribution >= 4 is 22.2 Å². The molecule has 5 nitrogen and oxygen atoms in total. The molecule has 2 heterocycles. The summed E-state index contributed by atoms with van der Waals surface area (Å²) in [7, 11) is 0. The lowest BCUT2D eigenvalue weighted by Crippen LogP contribution is -2.40. The predicted molar refractivity (Wildman–Crippen MR) is 137 cm³/mol. The predicted octanol–water partition coefficient (Wildman–Crippen LogP) is 5.70. The summed E-state index contributed by atoms with van der Waals surface area (Å²) in [5.41, 5.74) is 4.62. The third-order valence-corrected chi connectivity index (χ3v) is 7.89. The minimum atomic E-state index is -0.0483. The molecule has 2 aromatic carbocycles. The van der Waals surface area contributed by atoms with E-state index in [4.69, 9.17) is 9.47 Å². The first-order chi connectivity index (χ1) is 16.7. The molecule has 34 heavy (non-hydrogen) atoms. The monoisotopic (exact) mass is 476 g/mol. The number of nitrogens with zero attached hydrogens (tertiary/aromatic N) is 1. The van der Waals surface area contributed by atoms with Gasteiger partial charge in [0, 0.05) is 29.1 Å². The van der Waals surface area contributed by atoms with Gasteiger partial charge in [0.25, 0.3) is 5.91 Å². The Morgan fingerprint density at radius 1 is 1.06 bits per heavy atom. The van der Waals surface area contributed by atoms with E-state index in [1.807, 2.05) is 37.3 Å². The van der Waals surface area contributed by atoms with Gasteiger partial charge in [-0.2, -0.15) is 0 Å². The van der Waals surface area contributed by atoms with Crippen LogP contribution in [0.1, 0.15) is 57.7 Å². The van der Waals surface area contributed by atoms with Crippen molar-refractivity contribution in [2.24, 2.45) is 0 Å². The number of thiophene rings is 1. The number of amides is 1. The smallest absolute Gasteiger partial charge is 0.256 e. The van der Waals surface area contributed by atoms with Crippen LogP contribution in [0.2, 0.25) is 0 Å². The molecule has 3 aromatic rings. The second-order valence-electron chi connectivity index (χ2n) is 8.83. The van der Waals surface area contributed by atoms with Crippen molar-refractivity contribution in [1.29, 1.82) is 0 Å². The minimum absolute atomic E-state index is 0.0483. The molecular weight excluding hydrogens is 444 g/mol. The molecule has 1 aliphatic heterocycles. The van der Waals surface area contributed by atoms with Crippen molar-refractivity contribution in [2.75, 3.05) is 38.2 Å². The van der Waals surface area contributed by atoms with E-state index in [1.165, 1.54) is 34.4 Å². The number of carbonyl (C=O) groups is 1. The maximum Gasteiger partial charge on any atom is 0.256 e. The summed E-state index contributed by atoms with van der Waals surface area (Å²) < 4.78 is 11.4. The van der Waals surface area contributed by atoms with Crippen molar-refractivity contribution in [1.82, 2.24) is 4.90 Å². The average Bonchev–Trinajstić information content (AvgIpc) is 3.24. The Morgan fingerprint density at radius 3 is 2.53 bits per heavy atom. The highest BCUT2D eigenvalue weighted by Crippen LogP contribution is 2.46. The number of rotatable bonds is 7. The van der Waals surface area contributed by atoms with Crippen LogP contribution in [-0.2, 0) is 17.6 Å². The summed E-state index contributed by atoms with van der Waals surface area (Å²) in [6.07, 6.45) is 4.57. The minimum Gasteiger partial charge on any atom is -0.494 e. The molecule has 178 valence electrons. The van der Waals surface area contributed by atoms with E-state index in [9.17, 15) is 4.79 Å². The Labute approximate surface area is 205 Å². The molecule has 0 bridgehead atoms. The first-order valence-electron chi connectivity index (χ1n) is 12.3. The number of morpholine rings is 1. The van der Waals surface area contributed by atoms with E-state index < -0.39 is 0 Å². The van der Waals surface area contributed by atoms with Gasteiger partial charge in [0.2, 0.25) is 0 Å². The van der Waals surface area contributed by atoms with Crippen LogP contribution in [-0.4, -0.2) is 43.7 Å². The molecule has 1 N–H and O–H groups in total. The van der Waals surface area contributed by atoms with Gasteiger partial charge in [-0.05, 0) is 68.0 Å². The van der Waals surface area contributed by atoms with Gasteiger partial charge in [-0.3, -0.25) is 9.69 Å². The molecule has 6 heteroatoms. The summed E-state index contributed by atoms with van der Waals surface area (Å²) in [6.45, 7) is 5.85. The van der Waals surface area contributed by atoms with Gasteiger partial charge in [0.15, 0.2) is 0 Å². The molecule has 0 spiro atoms. The van der Waals surface area contributed by atoms with Gasteiger partial charge >= 0.3 is 0 Å². The number of nitrogens with one attached hydrogen (secondary N) is 1. The summed E-state index contributed by atoms with van der Waals surface area (Å²) in [5, 5.41) is 4.29. The lowest BCUT2D eigenvalue weighted by Gasteiger charge is -2.36. The standard InChI is InChI=1S/C28H32N2O3S/c1-2-33-22-14-12-20(13-15-22)26(30-16-18-32-19-17-30)25-23-10-6-7-11-24(23)34-28(25)29-27(31)21-8-4-3-5-9-21/h3-5,8-9,12-15,26H,2,6-7,10-11,16-19H2,1H3,(H,29,31). The molecule has 5 rings (SSSR count). The zero-order valence-electron chi connectivity index (χ0n) is 19.7. The van der Waals surface area contributed by atoms with Crippen molar-refractivity contribution < 1.29 is 14.3 Å². The molecule has 1 aliphatic carbocycles. The van der Waals surface area contributed by atoms with Gasteiger partial charge in [-0.25, -0.2) is 0 Å². The lowest BCUT2D eigenvalue weighted by atomic mass is 9.88. The Morgan fingerprint density at radius 2 is 1.79 bits per heavy atom. The fourth-order valence-corrected chi connectivity index (χ4v) is 6.36. The molecule has 1 atom stereocenters. The molecule has 1 unspecified atom stereocenters. The maximum absolute atomic E-state index is 13.2. The fraction of sp³-hybridized carbons (Fsp3) is 0.393. The molecular formula is C28H32N2O3S. The van der Waals surface area contributed by atoms with Gasteiger partial charge in [-0.15, -0.1) is 11.3 Å². The number of carbonyl (C=O) groups excluding carboxylic acids is 1. The third-order valence-electron chi connectivity index (χ3n) is 6.67. The van der Waals surface area contributed by atoms with E-state index >= 15 is 0 Å². The van der Waals surface area contributed by atoms with E-state index in [-0.39, 0.29) is 11.9 Å². The number of anilines is 1. The fourth-order valence-electron chi connectivity index (χ4n) is 5.05. The van der Waals surface area contributed by atoms with Crippen molar-refractivity contribution in [3.63, 3.8) is 0 Å². The number of hydrogen-bond acceptors (Lipinski definition) is 5. The molecule has 0 saturated carbocycles. The molecule has 1 saturated heterocycles. The van der Waals surface area contributed by atoms with E-state index in [1.54, 1.807) is 11.3 Å². The normalized spacial score (nSPS) is 17.1. The van der Waals surface area contributed by atoms with Crippen molar-refractivity contribution in [3.05, 3.63) is 81.7 Å². The number of hydrogen-bond donors (Lipinski definition) is 1. The Bertz CT molecular complexity index is 1100. The van der Waals surface area contributed by atoms with Gasteiger partial charge in [0.05, 0.1) is 25.9 Å². The Hall–Kier alpha value is -2.67. The van der Waals surface area contributed by atoms with Gasteiger partial charge in [0.1, 0.15) is 10.8 Å². The second-order valence-corrected chi connectivity index (χ2v) is 9.93. The van der Waals surface area contributed by atoms with Crippen molar-refractivity contribution in [2.45, 2.75) is 38.6 Å². The highest BCUT2D eigenvalue weighted by molar-refractivity contribution is 7.16. The first-order valence-corrected chi connectivity index (χ1v) is 13.1. The highest BCUT2D eigenvalue weighted by Gasteiger charge is 2.33. The van der Waals surface area contributed by atoms with E-state index in [0.29, 0.717) is 12.2 Å². The van der Waals surface area contributed by atoms with Crippen LogP contribution in [0.15, 0.2) is 54.6 Å². The molecule has 2 aliphatic rings. The number of fused-ring (bicyclic) bond motifs is 1. The van der Waals surface area contributed by atoms with Crippen LogP contribution >= 0.6 is 11.3 Å². The lowest BCUT2D eigenvalue weighted by molar-refractivity contribution is 0.0239. The zero-order chi connectivity index (χ0) is 23.3. The summed E-state index contributed by atoms with van der Waals surface area (Å²) >= 11 is 1.77. The largest absolute Gasteiger partial charge is 0.494 e. The van der Waals surface area contributed by atoms with Crippen LogP contribution in [0.25, 0.3) is 0 Å². The Kier molecular flexibility index (Phi) is 7.28. The first kappa shape index (κ1) is 23.1. The van der Waals surface area contributed by atoms with E-state index in [2.05, 4.69) is 34.5 Å². The molecule has 1 amide bonds. The SMILES string of the molecule is CCOc1ccc(C(c2c(NC(=O)c3ccccc3)sc3c2CCCC3)N2CCOCC2)cc1. The van der Waals surface area contributed by atoms with Crippen LogP contribution in [0, 0.1) is 0 Å². The highest BCUT2D eigenvalue weighted by atomic mass is 32.1. The number of ether oxygens (including phenoxy) is 2. The van der Waals surface area contributed by atoms with Gasteiger partial charge < -0.3 is 14.8 Å². The number of aryl methyl sites for hydroxylation is 1. The molecule has 1 fully saturated rings. The maximum atomic E-state index is 13.2. The summed E-state index contributed by atoms with van der Waals surface area (Å²) in [6, 6.07) is 18.1. The summed E-state index contributed by atoms with van der Waals surface area (Å²) in [5.74, 6) is 0.838. The average molecular weight is 477 g/mol. The zero-order valence-corrected chi connectivity index (χ0v) is 20.5. The molecule has 0 radical (unpaired) electrons. The van der Waals surface area contributed by atoms with Crippen LogP contribution in [0.5, 0.6) is 5.75 Å². The molecule has 1 aromatic heterocycles. The van der Waals surface area contributed by atoms with Crippen LogP contribution in [0.4, 0.5) is 5.00 Å². The third kappa shape index (κ3) is 4.90. The quantitative estimate of drug-likeness (QED) is 0.475. The second kappa shape index (κ2) is 10.7. The van der Waals surface area contributed by atoms with Gasteiger partial charge in [-0.1, -0.05) is 30.3 Å².